The lowest BCUT2D eigenvalue weighted by molar-refractivity contribution is -0.118. The Balaban J connectivity index is 1.90. The fraction of sp³-hybridized carbons (Fsp3) is 0.273. The van der Waals surface area contributed by atoms with Crippen LogP contribution in [0.15, 0.2) is 27.4 Å². The molecule has 0 bridgehead atoms. The van der Waals surface area contributed by atoms with E-state index in [1.165, 1.54) is 0 Å². The van der Waals surface area contributed by atoms with Crippen molar-refractivity contribution in [2.45, 2.75) is 18.4 Å². The van der Waals surface area contributed by atoms with Gasteiger partial charge in [-0.1, -0.05) is 0 Å². The molecule has 0 aliphatic heterocycles. The second-order valence-corrected chi connectivity index (χ2v) is 4.34. The minimum atomic E-state index is -0.714. The number of hydrogen-bond donors (Lipinski definition) is 3. The molecule has 6 nitrogen and oxygen atoms in total. The van der Waals surface area contributed by atoms with Crippen LogP contribution in [0.5, 0.6) is 0 Å². The minimum Gasteiger partial charge on any atom is -0.408 e. The molecule has 1 fully saturated rings. The summed E-state index contributed by atoms with van der Waals surface area (Å²) in [7, 11) is 0. The molecule has 1 amide bonds. The van der Waals surface area contributed by atoms with E-state index >= 15 is 0 Å². The third kappa shape index (κ3) is 1.72. The molecule has 88 valence electrons. The van der Waals surface area contributed by atoms with Gasteiger partial charge in [-0.3, -0.25) is 9.78 Å². The Labute approximate surface area is 95.8 Å². The number of nitrogens with one attached hydrogen (secondary N) is 2. The number of amides is 1. The van der Waals surface area contributed by atoms with Gasteiger partial charge in [-0.05, 0) is 25.0 Å². The molecule has 17 heavy (non-hydrogen) atoms. The van der Waals surface area contributed by atoms with Gasteiger partial charge in [0.1, 0.15) is 0 Å². The molecule has 4 N–H and O–H groups in total. The zero-order valence-electron chi connectivity index (χ0n) is 8.95. The Morgan fingerprint density at radius 1 is 1.47 bits per heavy atom. The molecule has 1 saturated carbocycles. The molecule has 2 aromatic rings. The van der Waals surface area contributed by atoms with E-state index in [2.05, 4.69) is 10.3 Å². The average Bonchev–Trinajstić information content (AvgIpc) is 2.91. The number of aromatic amines is 1. The van der Waals surface area contributed by atoms with Gasteiger partial charge in [0.25, 0.3) is 0 Å². The minimum absolute atomic E-state index is 0.199. The Hall–Kier alpha value is -2.08. The molecule has 1 heterocycles. The Morgan fingerprint density at radius 2 is 2.24 bits per heavy atom. The summed E-state index contributed by atoms with van der Waals surface area (Å²) in [6, 6.07) is 4.96. The van der Waals surface area contributed by atoms with Crippen LogP contribution in [-0.2, 0) is 4.79 Å². The number of benzene rings is 1. The Morgan fingerprint density at radius 3 is 2.94 bits per heavy atom. The van der Waals surface area contributed by atoms with Crippen molar-refractivity contribution in [2.24, 2.45) is 5.73 Å². The third-order valence-electron chi connectivity index (χ3n) is 2.92. The van der Waals surface area contributed by atoms with E-state index in [4.69, 9.17) is 10.2 Å². The smallest absolute Gasteiger partial charge is 0.408 e. The standard InChI is InChI=1S/C11H11N3O3/c12-11(3-4-11)9(15)13-6-1-2-7-8(5-6)17-10(16)14-7/h1-2,5H,3-4,12H2,(H,13,15)(H,14,16). The zero-order chi connectivity index (χ0) is 12.0. The van der Waals surface area contributed by atoms with E-state index in [1.54, 1.807) is 18.2 Å². The van der Waals surface area contributed by atoms with Crippen LogP contribution in [-0.4, -0.2) is 16.4 Å². The van der Waals surface area contributed by atoms with Crippen molar-refractivity contribution in [1.82, 2.24) is 4.98 Å². The van der Waals surface area contributed by atoms with Gasteiger partial charge >= 0.3 is 5.76 Å². The van der Waals surface area contributed by atoms with Gasteiger partial charge in [0.05, 0.1) is 11.1 Å². The normalized spacial score (nSPS) is 17.0. The quantitative estimate of drug-likeness (QED) is 0.705. The van der Waals surface area contributed by atoms with Gasteiger partial charge in [0.2, 0.25) is 5.91 Å². The van der Waals surface area contributed by atoms with E-state index in [0.717, 1.165) is 0 Å². The summed E-state index contributed by atoms with van der Waals surface area (Å²) in [5, 5.41) is 2.71. The molecule has 1 aromatic carbocycles. The van der Waals surface area contributed by atoms with Crippen LogP contribution in [0.3, 0.4) is 0 Å². The van der Waals surface area contributed by atoms with Crippen LogP contribution in [0.2, 0.25) is 0 Å². The van der Waals surface area contributed by atoms with Crippen molar-refractivity contribution < 1.29 is 9.21 Å². The maximum Gasteiger partial charge on any atom is 0.417 e. The summed E-state index contributed by atoms with van der Waals surface area (Å²) >= 11 is 0. The monoisotopic (exact) mass is 233 g/mol. The fourth-order valence-corrected chi connectivity index (χ4v) is 1.64. The molecular weight excluding hydrogens is 222 g/mol. The molecule has 1 aromatic heterocycles. The predicted octanol–water partition coefficient (Wildman–Crippen LogP) is 0.551. The lowest BCUT2D eigenvalue weighted by Gasteiger charge is -2.09. The molecule has 1 aliphatic carbocycles. The van der Waals surface area contributed by atoms with E-state index in [1.807, 2.05) is 0 Å². The second-order valence-electron chi connectivity index (χ2n) is 4.34. The van der Waals surface area contributed by atoms with E-state index in [9.17, 15) is 9.59 Å². The summed E-state index contributed by atoms with van der Waals surface area (Å²) in [6.45, 7) is 0. The van der Waals surface area contributed by atoms with Gasteiger partial charge in [0, 0.05) is 11.8 Å². The molecule has 0 atom stereocenters. The number of nitrogens with two attached hydrogens (primary N) is 1. The zero-order valence-corrected chi connectivity index (χ0v) is 8.95. The van der Waals surface area contributed by atoms with Gasteiger partial charge in [-0.15, -0.1) is 0 Å². The number of oxazole rings is 1. The summed E-state index contributed by atoms with van der Waals surface area (Å²) in [5.41, 5.74) is 6.63. The average molecular weight is 233 g/mol. The van der Waals surface area contributed by atoms with Crippen molar-refractivity contribution in [3.05, 3.63) is 28.7 Å². The molecule has 0 radical (unpaired) electrons. The van der Waals surface area contributed by atoms with Crippen LogP contribution < -0.4 is 16.8 Å². The van der Waals surface area contributed by atoms with Crippen LogP contribution in [0.1, 0.15) is 12.8 Å². The van der Waals surface area contributed by atoms with Gasteiger partial charge in [-0.2, -0.15) is 0 Å². The van der Waals surface area contributed by atoms with Gasteiger partial charge in [0.15, 0.2) is 5.58 Å². The third-order valence-corrected chi connectivity index (χ3v) is 2.92. The lowest BCUT2D eigenvalue weighted by atomic mass is 10.2. The molecular formula is C11H11N3O3. The number of aromatic nitrogens is 1. The van der Waals surface area contributed by atoms with Crippen molar-refractivity contribution >= 4 is 22.7 Å². The van der Waals surface area contributed by atoms with E-state index in [0.29, 0.717) is 29.6 Å². The Kier molecular flexibility index (Phi) is 1.90. The molecule has 0 unspecified atom stereocenters. The maximum absolute atomic E-state index is 11.7. The van der Waals surface area contributed by atoms with Crippen LogP contribution in [0.4, 0.5) is 5.69 Å². The number of rotatable bonds is 2. The van der Waals surface area contributed by atoms with Crippen molar-refractivity contribution in [2.75, 3.05) is 5.32 Å². The first-order valence-corrected chi connectivity index (χ1v) is 5.30. The highest BCUT2D eigenvalue weighted by Crippen LogP contribution is 2.33. The van der Waals surface area contributed by atoms with Crippen molar-refractivity contribution in [3.63, 3.8) is 0 Å². The molecule has 0 spiro atoms. The first-order chi connectivity index (χ1) is 8.07. The first kappa shape index (κ1) is 10.1. The number of carbonyl (C=O) groups excluding carboxylic acids is 1. The van der Waals surface area contributed by atoms with Crippen molar-refractivity contribution in [1.29, 1.82) is 0 Å². The summed E-state index contributed by atoms with van der Waals surface area (Å²) < 4.78 is 4.90. The predicted molar refractivity (Wildman–Crippen MR) is 61.6 cm³/mol. The number of H-pyrrole nitrogens is 1. The molecule has 3 rings (SSSR count). The van der Waals surface area contributed by atoms with E-state index in [-0.39, 0.29) is 5.91 Å². The second kappa shape index (κ2) is 3.21. The van der Waals surface area contributed by atoms with Crippen molar-refractivity contribution in [3.8, 4) is 0 Å². The van der Waals surface area contributed by atoms with Crippen LogP contribution in [0.25, 0.3) is 11.1 Å². The SMILES string of the molecule is NC1(C(=O)Nc2ccc3[nH]c(=O)oc3c2)CC1. The summed E-state index contributed by atoms with van der Waals surface area (Å²) in [6.07, 6.45) is 1.42. The summed E-state index contributed by atoms with van der Waals surface area (Å²) in [4.78, 5) is 25.2. The fourth-order valence-electron chi connectivity index (χ4n) is 1.64. The number of anilines is 1. The highest BCUT2D eigenvalue weighted by molar-refractivity contribution is 6.00. The maximum atomic E-state index is 11.7. The number of fused-ring (bicyclic) bond motifs is 1. The Bertz CT molecular complexity index is 651. The molecule has 1 aliphatic rings. The van der Waals surface area contributed by atoms with E-state index < -0.39 is 11.3 Å². The number of carbonyl (C=O) groups is 1. The number of hydrogen-bond acceptors (Lipinski definition) is 4. The topological polar surface area (TPSA) is 101 Å². The summed E-state index contributed by atoms with van der Waals surface area (Å²) in [5.74, 6) is -0.712. The van der Waals surface area contributed by atoms with Gasteiger partial charge in [-0.25, -0.2) is 4.79 Å². The first-order valence-electron chi connectivity index (χ1n) is 5.30. The largest absolute Gasteiger partial charge is 0.417 e. The highest BCUT2D eigenvalue weighted by atomic mass is 16.4. The molecule has 6 heteroatoms. The van der Waals surface area contributed by atoms with Gasteiger partial charge < -0.3 is 15.5 Å². The van der Waals surface area contributed by atoms with Crippen LogP contribution >= 0.6 is 0 Å². The highest BCUT2D eigenvalue weighted by Gasteiger charge is 2.45. The lowest BCUT2D eigenvalue weighted by Crippen LogP contribution is -2.37. The van der Waals surface area contributed by atoms with Crippen LogP contribution in [0, 0.1) is 0 Å². The molecule has 0 saturated heterocycles.